The maximum Gasteiger partial charge on any atom is 0.269 e. The summed E-state index contributed by atoms with van der Waals surface area (Å²) >= 11 is 0. The Morgan fingerprint density at radius 3 is 2.59 bits per heavy atom. The Hall–Kier alpha value is -1.46. The van der Waals surface area contributed by atoms with Crippen LogP contribution in [0.25, 0.3) is 0 Å². The molecular weight excluding hydrogens is 220 g/mol. The Kier molecular flexibility index (Phi) is 6.21. The molecule has 94 valence electrons. The van der Waals surface area contributed by atoms with Crippen LogP contribution in [0, 0.1) is 10.1 Å². The molecule has 17 heavy (non-hydrogen) atoms. The smallest absolute Gasteiger partial charge is 0.269 e. The van der Waals surface area contributed by atoms with E-state index in [0.29, 0.717) is 0 Å². The minimum atomic E-state index is -0.385. The molecule has 1 N–H and O–H groups in total. The van der Waals surface area contributed by atoms with Gasteiger partial charge in [0.2, 0.25) is 0 Å². The van der Waals surface area contributed by atoms with Gasteiger partial charge in [-0.1, -0.05) is 12.1 Å². The van der Waals surface area contributed by atoms with Crippen molar-refractivity contribution in [3.05, 3.63) is 39.9 Å². The van der Waals surface area contributed by atoms with Crippen LogP contribution in [0.2, 0.25) is 0 Å². The van der Waals surface area contributed by atoms with Crippen LogP contribution in [0.4, 0.5) is 5.69 Å². The second-order valence-electron chi connectivity index (χ2n) is 3.62. The number of hydrogen-bond acceptors (Lipinski definition) is 4. The van der Waals surface area contributed by atoms with E-state index in [0.717, 1.165) is 38.3 Å². The summed E-state index contributed by atoms with van der Waals surface area (Å²) in [7, 11) is 0. The summed E-state index contributed by atoms with van der Waals surface area (Å²) in [6, 6.07) is 6.66. The van der Waals surface area contributed by atoms with E-state index in [9.17, 15) is 10.1 Å². The fourth-order valence-electron chi connectivity index (χ4n) is 1.43. The first-order chi connectivity index (χ1) is 8.24. The lowest BCUT2D eigenvalue weighted by molar-refractivity contribution is -0.384. The minimum absolute atomic E-state index is 0.137. The second-order valence-corrected chi connectivity index (χ2v) is 3.62. The van der Waals surface area contributed by atoms with E-state index in [1.54, 1.807) is 12.1 Å². The quantitative estimate of drug-likeness (QED) is 0.426. The van der Waals surface area contributed by atoms with Gasteiger partial charge in [-0.15, -0.1) is 0 Å². The van der Waals surface area contributed by atoms with Crippen LogP contribution in [0.1, 0.15) is 12.5 Å². The van der Waals surface area contributed by atoms with E-state index in [-0.39, 0.29) is 10.6 Å². The van der Waals surface area contributed by atoms with Gasteiger partial charge in [0.15, 0.2) is 0 Å². The van der Waals surface area contributed by atoms with Crippen LogP contribution in [-0.2, 0) is 11.2 Å². The van der Waals surface area contributed by atoms with Crippen molar-refractivity contribution in [2.45, 2.75) is 13.3 Å². The maximum absolute atomic E-state index is 10.5. The fraction of sp³-hybridized carbons (Fsp3) is 0.500. The molecule has 1 aromatic rings. The zero-order chi connectivity index (χ0) is 12.5. The Bertz CT molecular complexity index is 338. The van der Waals surface area contributed by atoms with Crippen LogP contribution >= 0.6 is 0 Å². The van der Waals surface area contributed by atoms with E-state index in [1.807, 2.05) is 6.92 Å². The first-order valence-electron chi connectivity index (χ1n) is 5.76. The van der Waals surface area contributed by atoms with Crippen molar-refractivity contribution in [1.82, 2.24) is 5.32 Å². The summed E-state index contributed by atoms with van der Waals surface area (Å²) in [6.07, 6.45) is 0.865. The minimum Gasteiger partial charge on any atom is -0.380 e. The lowest BCUT2D eigenvalue weighted by atomic mass is 10.1. The van der Waals surface area contributed by atoms with Crippen molar-refractivity contribution < 1.29 is 9.66 Å². The molecule has 5 nitrogen and oxygen atoms in total. The molecule has 0 bridgehead atoms. The van der Waals surface area contributed by atoms with Gasteiger partial charge in [-0.3, -0.25) is 10.1 Å². The molecule has 0 saturated heterocycles. The number of nitro groups is 1. The molecule has 1 rings (SSSR count). The average molecular weight is 238 g/mol. The summed E-state index contributed by atoms with van der Waals surface area (Å²) in [5.41, 5.74) is 1.23. The van der Waals surface area contributed by atoms with Crippen LogP contribution in [0.5, 0.6) is 0 Å². The van der Waals surface area contributed by atoms with Crippen molar-refractivity contribution in [2.75, 3.05) is 26.3 Å². The van der Waals surface area contributed by atoms with Crippen molar-refractivity contribution in [3.63, 3.8) is 0 Å². The number of benzene rings is 1. The SMILES string of the molecule is CCOCCNCCc1ccc([N+](=O)[O-])cc1. The van der Waals surface area contributed by atoms with Crippen molar-refractivity contribution in [2.24, 2.45) is 0 Å². The molecule has 0 radical (unpaired) electrons. The molecule has 5 heteroatoms. The molecule has 0 fully saturated rings. The highest BCUT2D eigenvalue weighted by Gasteiger charge is 2.03. The second kappa shape index (κ2) is 7.76. The number of hydrogen-bond donors (Lipinski definition) is 1. The van der Waals surface area contributed by atoms with Gasteiger partial charge in [0.05, 0.1) is 11.5 Å². The van der Waals surface area contributed by atoms with Crippen molar-refractivity contribution in [1.29, 1.82) is 0 Å². The molecule has 0 aromatic heterocycles. The molecule has 0 heterocycles. The van der Waals surface area contributed by atoms with Crippen LogP contribution < -0.4 is 5.32 Å². The van der Waals surface area contributed by atoms with Gasteiger partial charge in [0.1, 0.15) is 0 Å². The fourth-order valence-corrected chi connectivity index (χ4v) is 1.43. The van der Waals surface area contributed by atoms with E-state index in [2.05, 4.69) is 5.32 Å². The highest BCUT2D eigenvalue weighted by molar-refractivity contribution is 5.32. The van der Waals surface area contributed by atoms with Gasteiger partial charge in [-0.05, 0) is 25.5 Å². The Balaban J connectivity index is 2.21. The van der Waals surface area contributed by atoms with Gasteiger partial charge in [-0.2, -0.15) is 0 Å². The Morgan fingerprint density at radius 1 is 1.29 bits per heavy atom. The number of non-ortho nitro benzene ring substituents is 1. The summed E-state index contributed by atoms with van der Waals surface area (Å²) in [4.78, 5) is 10.1. The number of rotatable bonds is 8. The number of nitrogens with one attached hydrogen (secondary N) is 1. The Morgan fingerprint density at radius 2 is 2.00 bits per heavy atom. The lowest BCUT2D eigenvalue weighted by Crippen LogP contribution is -2.22. The predicted molar refractivity (Wildman–Crippen MR) is 66.2 cm³/mol. The van der Waals surface area contributed by atoms with E-state index < -0.39 is 0 Å². The topological polar surface area (TPSA) is 64.4 Å². The largest absolute Gasteiger partial charge is 0.380 e. The highest BCUT2D eigenvalue weighted by Crippen LogP contribution is 2.11. The van der Waals surface area contributed by atoms with E-state index in [4.69, 9.17) is 4.74 Å². The van der Waals surface area contributed by atoms with E-state index >= 15 is 0 Å². The number of nitrogens with zero attached hydrogens (tertiary/aromatic N) is 1. The van der Waals surface area contributed by atoms with Crippen LogP contribution in [0.3, 0.4) is 0 Å². The molecule has 0 aliphatic heterocycles. The van der Waals surface area contributed by atoms with Crippen molar-refractivity contribution >= 4 is 5.69 Å². The van der Waals surface area contributed by atoms with Gasteiger partial charge < -0.3 is 10.1 Å². The molecule has 0 unspecified atom stereocenters. The van der Waals surface area contributed by atoms with Crippen LogP contribution in [0.15, 0.2) is 24.3 Å². The van der Waals surface area contributed by atoms with Gasteiger partial charge in [0, 0.05) is 25.3 Å². The number of nitro benzene ring substituents is 1. The van der Waals surface area contributed by atoms with Crippen LogP contribution in [-0.4, -0.2) is 31.2 Å². The zero-order valence-electron chi connectivity index (χ0n) is 10.0. The predicted octanol–water partition coefficient (Wildman–Crippen LogP) is 1.76. The normalized spacial score (nSPS) is 10.4. The highest BCUT2D eigenvalue weighted by atomic mass is 16.6. The first-order valence-corrected chi connectivity index (χ1v) is 5.76. The zero-order valence-corrected chi connectivity index (χ0v) is 10.0. The standard InChI is InChI=1S/C12H18N2O3/c1-2-17-10-9-13-8-7-11-3-5-12(6-4-11)14(15)16/h3-6,13H,2,7-10H2,1H3. The van der Waals surface area contributed by atoms with Gasteiger partial charge >= 0.3 is 0 Å². The lowest BCUT2D eigenvalue weighted by Gasteiger charge is -2.04. The van der Waals surface area contributed by atoms with Crippen molar-refractivity contribution in [3.8, 4) is 0 Å². The third-order valence-electron chi connectivity index (χ3n) is 2.36. The Labute approximate surface area is 101 Å². The van der Waals surface area contributed by atoms with Gasteiger partial charge in [-0.25, -0.2) is 0 Å². The van der Waals surface area contributed by atoms with E-state index in [1.165, 1.54) is 12.1 Å². The third-order valence-corrected chi connectivity index (χ3v) is 2.36. The molecule has 1 aromatic carbocycles. The molecule has 0 aliphatic carbocycles. The average Bonchev–Trinajstić information content (AvgIpc) is 2.34. The molecule has 0 spiro atoms. The summed E-state index contributed by atoms with van der Waals surface area (Å²) < 4.78 is 5.19. The molecular formula is C12H18N2O3. The maximum atomic E-state index is 10.5. The third kappa shape index (κ3) is 5.42. The molecule has 0 aliphatic rings. The first kappa shape index (κ1) is 13.6. The summed E-state index contributed by atoms with van der Waals surface area (Å²) in [5.74, 6) is 0. The molecule has 0 saturated carbocycles. The summed E-state index contributed by atoms with van der Waals surface area (Å²) in [6.45, 7) is 5.11. The molecule has 0 atom stereocenters. The molecule has 0 amide bonds. The monoisotopic (exact) mass is 238 g/mol. The number of ether oxygens (including phenoxy) is 1. The summed E-state index contributed by atoms with van der Waals surface area (Å²) in [5, 5.41) is 13.7. The van der Waals surface area contributed by atoms with Gasteiger partial charge in [0.25, 0.3) is 5.69 Å².